The second-order valence-corrected chi connectivity index (χ2v) is 12.9. The third-order valence-electron chi connectivity index (χ3n) is 7.29. The summed E-state index contributed by atoms with van der Waals surface area (Å²) in [5, 5.41) is 15.4. The Bertz CT molecular complexity index is 1640. The molecule has 12 nitrogen and oxygen atoms in total. The third-order valence-corrected chi connectivity index (χ3v) is 9.72. The molecule has 0 aliphatic carbocycles. The summed E-state index contributed by atoms with van der Waals surface area (Å²) >= 11 is 12.0. The number of carboxylic acids is 1. The summed E-state index contributed by atoms with van der Waals surface area (Å²) in [6.07, 6.45) is 3.23. The van der Waals surface area contributed by atoms with Crippen LogP contribution in [0, 0.1) is 0 Å². The normalized spacial score (nSPS) is 17.5. The van der Waals surface area contributed by atoms with Gasteiger partial charge in [-0.3, -0.25) is 14.6 Å². The standard InChI is InChI=1S/C29H30Cl2N4O8S/c1-29(9-4-10-35(29)44(40,41)21-13-18(30)12-19(31)14-21)28(39)34-22(27(37)38)11-17-5-7-20(8-6-17)33-26(36)25-23(42-2)15-32-16-24(25)43-3/h5-8,12-16,22H,4,9-11H2,1-3H3,(H,33,36)(H,34,39)(H,37,38)/t22-,29-/m0/s1. The number of halogens is 2. The van der Waals surface area contributed by atoms with Gasteiger partial charge in [-0.15, -0.1) is 0 Å². The van der Waals surface area contributed by atoms with Crippen molar-refractivity contribution in [1.29, 1.82) is 0 Å². The highest BCUT2D eigenvalue weighted by Crippen LogP contribution is 2.36. The molecule has 234 valence electrons. The molecule has 1 fully saturated rings. The van der Waals surface area contributed by atoms with E-state index in [-0.39, 0.29) is 51.4 Å². The molecule has 0 bridgehead atoms. The Hall–Kier alpha value is -3.91. The second kappa shape index (κ2) is 13.4. The molecule has 0 spiro atoms. The van der Waals surface area contributed by atoms with Crippen molar-refractivity contribution in [3.8, 4) is 11.5 Å². The van der Waals surface area contributed by atoms with Gasteiger partial charge < -0.3 is 25.2 Å². The monoisotopic (exact) mass is 664 g/mol. The molecular formula is C29H30Cl2N4O8S. The number of methoxy groups -OCH3 is 2. The van der Waals surface area contributed by atoms with E-state index in [1.54, 1.807) is 24.3 Å². The van der Waals surface area contributed by atoms with Gasteiger partial charge in [0.05, 0.1) is 31.5 Å². The Kier molecular flexibility index (Phi) is 10.0. The van der Waals surface area contributed by atoms with Crippen LogP contribution in [0.1, 0.15) is 35.7 Å². The molecule has 1 aliphatic heterocycles. The highest BCUT2D eigenvalue weighted by molar-refractivity contribution is 7.89. The number of sulfonamides is 1. The van der Waals surface area contributed by atoms with E-state index >= 15 is 0 Å². The first kappa shape index (κ1) is 33.0. The number of ether oxygens (including phenoxy) is 2. The van der Waals surface area contributed by atoms with Crippen LogP contribution in [0.4, 0.5) is 5.69 Å². The third kappa shape index (κ3) is 6.91. The fourth-order valence-electron chi connectivity index (χ4n) is 4.98. The number of carboxylic acid groups (broad SMARTS) is 1. The Morgan fingerprint density at radius 3 is 2.18 bits per heavy atom. The van der Waals surface area contributed by atoms with E-state index in [0.717, 1.165) is 4.31 Å². The van der Waals surface area contributed by atoms with Crippen molar-refractivity contribution in [3.63, 3.8) is 0 Å². The number of nitrogens with zero attached hydrogens (tertiary/aromatic N) is 2. The number of hydrogen-bond acceptors (Lipinski definition) is 8. The van der Waals surface area contributed by atoms with Crippen LogP contribution in [0.2, 0.25) is 10.0 Å². The molecule has 1 aromatic heterocycles. The molecule has 4 rings (SSSR count). The molecule has 1 saturated heterocycles. The van der Waals surface area contributed by atoms with Crippen molar-refractivity contribution in [3.05, 3.63) is 76.0 Å². The van der Waals surface area contributed by atoms with Gasteiger partial charge in [-0.25, -0.2) is 13.2 Å². The fourth-order valence-corrected chi connectivity index (χ4v) is 7.51. The zero-order valence-electron chi connectivity index (χ0n) is 24.0. The lowest BCUT2D eigenvalue weighted by Gasteiger charge is -2.34. The molecule has 2 heterocycles. The van der Waals surface area contributed by atoms with Gasteiger partial charge in [0.15, 0.2) is 11.5 Å². The van der Waals surface area contributed by atoms with Crippen LogP contribution in [-0.2, 0) is 26.0 Å². The maximum absolute atomic E-state index is 13.5. The summed E-state index contributed by atoms with van der Waals surface area (Å²) in [6.45, 7) is 1.51. The van der Waals surface area contributed by atoms with Gasteiger partial charge in [0.2, 0.25) is 15.9 Å². The zero-order chi connectivity index (χ0) is 32.2. The lowest BCUT2D eigenvalue weighted by atomic mass is 9.97. The van der Waals surface area contributed by atoms with Crippen LogP contribution in [0.3, 0.4) is 0 Å². The molecule has 2 aromatic carbocycles. The molecule has 0 saturated carbocycles. The number of carbonyl (C=O) groups excluding carboxylic acids is 2. The van der Waals surface area contributed by atoms with E-state index in [1.807, 2.05) is 0 Å². The summed E-state index contributed by atoms with van der Waals surface area (Å²) in [4.78, 5) is 42.4. The van der Waals surface area contributed by atoms with Gasteiger partial charge in [0.1, 0.15) is 17.1 Å². The van der Waals surface area contributed by atoms with E-state index in [9.17, 15) is 27.9 Å². The van der Waals surface area contributed by atoms with Crippen molar-refractivity contribution >= 4 is 56.7 Å². The van der Waals surface area contributed by atoms with Gasteiger partial charge in [-0.2, -0.15) is 4.31 Å². The molecule has 0 unspecified atom stereocenters. The molecule has 44 heavy (non-hydrogen) atoms. The maximum Gasteiger partial charge on any atom is 0.326 e. The van der Waals surface area contributed by atoms with E-state index in [4.69, 9.17) is 32.7 Å². The second-order valence-electron chi connectivity index (χ2n) is 10.2. The SMILES string of the molecule is COc1cncc(OC)c1C(=O)Nc1ccc(C[C@H](NC(=O)[C@]2(C)CCCN2S(=O)(=O)c2cc(Cl)cc(Cl)c2)C(=O)O)cc1. The molecule has 1 aliphatic rings. The van der Waals surface area contributed by atoms with Gasteiger partial charge >= 0.3 is 5.97 Å². The van der Waals surface area contributed by atoms with Crippen LogP contribution < -0.4 is 20.1 Å². The number of rotatable bonds is 11. The first-order valence-electron chi connectivity index (χ1n) is 13.3. The first-order chi connectivity index (χ1) is 20.8. The lowest BCUT2D eigenvalue weighted by Crippen LogP contribution is -2.58. The van der Waals surface area contributed by atoms with Gasteiger partial charge in [0, 0.05) is 28.7 Å². The minimum Gasteiger partial charge on any atom is -0.494 e. The van der Waals surface area contributed by atoms with Crippen molar-refractivity contribution in [1.82, 2.24) is 14.6 Å². The summed E-state index contributed by atoms with van der Waals surface area (Å²) < 4.78 is 38.5. The largest absolute Gasteiger partial charge is 0.494 e. The molecule has 3 aromatic rings. The average molecular weight is 666 g/mol. The summed E-state index contributed by atoms with van der Waals surface area (Å²) in [6, 6.07) is 8.89. The summed E-state index contributed by atoms with van der Waals surface area (Å²) in [7, 11) is -1.39. The Labute approximate surface area is 264 Å². The molecule has 15 heteroatoms. The smallest absolute Gasteiger partial charge is 0.326 e. The number of carbonyl (C=O) groups is 3. The van der Waals surface area contributed by atoms with Crippen LogP contribution in [0.15, 0.2) is 59.8 Å². The number of anilines is 1. The number of hydrogen-bond donors (Lipinski definition) is 3. The van der Waals surface area contributed by atoms with Crippen molar-refractivity contribution < 1.29 is 37.4 Å². The Morgan fingerprint density at radius 1 is 1.05 bits per heavy atom. The number of aromatic nitrogens is 1. The van der Waals surface area contributed by atoms with Crippen LogP contribution >= 0.6 is 23.2 Å². The summed E-state index contributed by atoms with van der Waals surface area (Å²) in [5.74, 6) is -2.11. The molecule has 2 atom stereocenters. The quantitative estimate of drug-likeness (QED) is 0.275. The zero-order valence-corrected chi connectivity index (χ0v) is 26.3. The molecular weight excluding hydrogens is 635 g/mol. The van der Waals surface area contributed by atoms with E-state index < -0.39 is 39.4 Å². The first-order valence-corrected chi connectivity index (χ1v) is 15.5. The predicted molar refractivity (Wildman–Crippen MR) is 163 cm³/mol. The van der Waals surface area contributed by atoms with Crippen molar-refractivity contribution in [2.75, 3.05) is 26.1 Å². The highest BCUT2D eigenvalue weighted by Gasteiger charge is 2.50. The fraction of sp³-hybridized carbons (Fsp3) is 0.310. The highest BCUT2D eigenvalue weighted by atomic mass is 35.5. The predicted octanol–water partition coefficient (Wildman–Crippen LogP) is 4.01. The number of amides is 2. The number of nitrogens with one attached hydrogen (secondary N) is 2. The molecule has 2 amide bonds. The number of benzene rings is 2. The van der Waals surface area contributed by atoms with E-state index in [1.165, 1.54) is 51.7 Å². The topological polar surface area (TPSA) is 164 Å². The van der Waals surface area contributed by atoms with Crippen molar-refractivity contribution in [2.24, 2.45) is 0 Å². The van der Waals surface area contributed by atoms with Gasteiger partial charge in [-0.05, 0) is 55.7 Å². The minimum atomic E-state index is -4.19. The van der Waals surface area contributed by atoms with E-state index in [2.05, 4.69) is 15.6 Å². The van der Waals surface area contributed by atoms with Crippen LogP contribution in [0.25, 0.3) is 0 Å². The lowest BCUT2D eigenvalue weighted by molar-refractivity contribution is -0.143. The summed E-state index contributed by atoms with van der Waals surface area (Å²) in [5.41, 5.74) is -0.442. The average Bonchev–Trinajstić information content (AvgIpc) is 3.40. The van der Waals surface area contributed by atoms with Gasteiger partial charge in [-0.1, -0.05) is 35.3 Å². The molecule has 0 radical (unpaired) electrons. The van der Waals surface area contributed by atoms with Crippen LogP contribution in [0.5, 0.6) is 11.5 Å². The van der Waals surface area contributed by atoms with Crippen LogP contribution in [-0.4, -0.2) is 72.9 Å². The minimum absolute atomic E-state index is 0.0541. The van der Waals surface area contributed by atoms with Gasteiger partial charge in [0.25, 0.3) is 5.91 Å². The Balaban J connectivity index is 1.48. The van der Waals surface area contributed by atoms with E-state index in [0.29, 0.717) is 17.7 Å². The van der Waals surface area contributed by atoms with Crippen molar-refractivity contribution in [2.45, 2.75) is 42.7 Å². The number of aliphatic carboxylic acids is 1. The number of pyridine rings is 1. The Morgan fingerprint density at radius 2 is 1.64 bits per heavy atom. The molecule has 3 N–H and O–H groups in total. The maximum atomic E-state index is 13.5.